The van der Waals surface area contributed by atoms with Crippen LogP contribution in [0.1, 0.15) is 44.7 Å². The van der Waals surface area contributed by atoms with E-state index in [2.05, 4.69) is 45.0 Å². The van der Waals surface area contributed by atoms with Crippen LogP contribution in [0.4, 0.5) is 0 Å². The first-order valence-electron chi connectivity index (χ1n) is 8.96. The Bertz CT molecular complexity index is 654. The molecule has 0 aromatic heterocycles. The summed E-state index contributed by atoms with van der Waals surface area (Å²) >= 11 is 0. The third-order valence-electron chi connectivity index (χ3n) is 5.58. The second-order valence-electron chi connectivity index (χ2n) is 7.26. The maximum absolute atomic E-state index is 6.62. The smallest absolute Gasteiger partial charge is 0.126 e. The summed E-state index contributed by atoms with van der Waals surface area (Å²) in [6.45, 7) is 6.83. The van der Waals surface area contributed by atoms with Gasteiger partial charge in [0.2, 0.25) is 0 Å². The summed E-state index contributed by atoms with van der Waals surface area (Å²) in [6.07, 6.45) is 2.44. The van der Waals surface area contributed by atoms with Crippen molar-refractivity contribution in [2.75, 3.05) is 14.2 Å². The Hall–Kier alpha value is -2.00. The number of hydrogen-bond acceptors (Lipinski definition) is 3. The predicted octanol–water partition coefficient (Wildman–Crippen LogP) is 5.17. The van der Waals surface area contributed by atoms with E-state index in [4.69, 9.17) is 14.2 Å². The summed E-state index contributed by atoms with van der Waals surface area (Å²) in [4.78, 5) is 0. The highest BCUT2D eigenvalue weighted by Crippen LogP contribution is 2.61. The van der Waals surface area contributed by atoms with Crippen molar-refractivity contribution in [2.24, 2.45) is 5.41 Å². The van der Waals surface area contributed by atoms with Crippen molar-refractivity contribution in [3.8, 4) is 11.5 Å². The highest BCUT2D eigenvalue weighted by atomic mass is 16.5. The molecule has 3 rings (SSSR count). The van der Waals surface area contributed by atoms with Crippen LogP contribution >= 0.6 is 0 Å². The van der Waals surface area contributed by atoms with Gasteiger partial charge >= 0.3 is 0 Å². The van der Waals surface area contributed by atoms with Gasteiger partial charge in [0, 0.05) is 5.41 Å². The Kier molecular flexibility index (Phi) is 4.79. The number of benzene rings is 2. The normalized spacial score (nSPS) is 20.6. The Labute approximate surface area is 150 Å². The Morgan fingerprint density at radius 1 is 0.840 bits per heavy atom. The predicted molar refractivity (Wildman–Crippen MR) is 100 cm³/mol. The number of ether oxygens (including phenoxy) is 3. The van der Waals surface area contributed by atoms with Crippen molar-refractivity contribution in [3.05, 3.63) is 59.7 Å². The molecule has 0 amide bonds. The van der Waals surface area contributed by atoms with Crippen molar-refractivity contribution in [1.82, 2.24) is 0 Å². The van der Waals surface area contributed by atoms with E-state index < -0.39 is 5.60 Å². The second-order valence-corrected chi connectivity index (χ2v) is 7.26. The average Bonchev–Trinajstić information content (AvgIpc) is 2.65. The highest BCUT2D eigenvalue weighted by molar-refractivity contribution is 5.45. The number of hydrogen-bond donors (Lipinski definition) is 0. The minimum atomic E-state index is -0.453. The summed E-state index contributed by atoms with van der Waals surface area (Å²) in [6, 6.07) is 16.5. The van der Waals surface area contributed by atoms with E-state index in [1.807, 2.05) is 24.3 Å². The molecule has 1 unspecified atom stereocenters. The van der Waals surface area contributed by atoms with Gasteiger partial charge in [0.15, 0.2) is 0 Å². The average molecular weight is 340 g/mol. The van der Waals surface area contributed by atoms with Gasteiger partial charge < -0.3 is 14.2 Å². The van der Waals surface area contributed by atoms with Crippen LogP contribution in [-0.2, 0) is 10.3 Å². The van der Waals surface area contributed by atoms with Crippen molar-refractivity contribution >= 4 is 0 Å². The molecular formula is C22H28O3. The molecule has 0 radical (unpaired) electrons. The molecule has 3 heteroatoms. The van der Waals surface area contributed by atoms with E-state index in [9.17, 15) is 0 Å². The summed E-state index contributed by atoms with van der Waals surface area (Å²) in [7, 11) is 3.38. The molecule has 2 aromatic rings. The fourth-order valence-electron chi connectivity index (χ4n) is 4.06. The molecule has 0 spiro atoms. The maximum Gasteiger partial charge on any atom is 0.126 e. The first kappa shape index (κ1) is 17.8. The van der Waals surface area contributed by atoms with Crippen LogP contribution in [0.3, 0.4) is 0 Å². The summed E-state index contributed by atoms with van der Waals surface area (Å²) < 4.78 is 17.3. The lowest BCUT2D eigenvalue weighted by Gasteiger charge is -2.62. The van der Waals surface area contributed by atoms with E-state index in [1.165, 1.54) is 0 Å². The molecule has 1 atom stereocenters. The molecule has 0 saturated carbocycles. The van der Waals surface area contributed by atoms with Gasteiger partial charge in [-0.2, -0.15) is 0 Å². The van der Waals surface area contributed by atoms with E-state index >= 15 is 0 Å². The zero-order valence-corrected chi connectivity index (χ0v) is 15.8. The van der Waals surface area contributed by atoms with Crippen LogP contribution in [-0.4, -0.2) is 20.3 Å². The first-order chi connectivity index (χ1) is 12.0. The first-order valence-corrected chi connectivity index (χ1v) is 8.96. The van der Waals surface area contributed by atoms with Crippen LogP contribution in [0, 0.1) is 5.41 Å². The van der Waals surface area contributed by atoms with Crippen LogP contribution < -0.4 is 9.47 Å². The molecule has 1 aliphatic rings. The van der Waals surface area contributed by atoms with Gasteiger partial charge in [0.1, 0.15) is 17.1 Å². The molecule has 1 heterocycles. The third-order valence-corrected chi connectivity index (χ3v) is 5.58. The van der Waals surface area contributed by atoms with Gasteiger partial charge in [-0.3, -0.25) is 0 Å². The Balaban J connectivity index is 2.08. The van der Waals surface area contributed by atoms with Crippen molar-refractivity contribution < 1.29 is 14.2 Å². The minimum Gasteiger partial charge on any atom is -0.497 e. The Morgan fingerprint density at radius 2 is 1.28 bits per heavy atom. The number of methoxy groups -OCH3 is 2. The molecule has 0 N–H and O–H groups in total. The molecule has 1 saturated heterocycles. The quantitative estimate of drug-likeness (QED) is 0.726. The summed E-state index contributed by atoms with van der Waals surface area (Å²) in [5, 5.41) is 0. The standard InChI is InChI=1S/C22H28O3/c1-6-7-20-21(2,3)22(25-20,16-8-12-18(23-4)13-9-16)17-10-14-19(24-5)15-11-17/h8-15,20H,6-7H2,1-5H3. The van der Waals surface area contributed by atoms with Crippen molar-refractivity contribution in [1.29, 1.82) is 0 Å². The molecule has 0 bridgehead atoms. The van der Waals surface area contributed by atoms with Gasteiger partial charge in [0.05, 0.1) is 20.3 Å². The Morgan fingerprint density at radius 3 is 1.60 bits per heavy atom. The highest BCUT2D eigenvalue weighted by Gasteiger charge is 2.62. The lowest BCUT2D eigenvalue weighted by molar-refractivity contribution is -0.296. The van der Waals surface area contributed by atoms with Gasteiger partial charge in [-0.15, -0.1) is 0 Å². The SMILES string of the molecule is CCCC1OC(c2ccc(OC)cc2)(c2ccc(OC)cc2)C1(C)C. The molecule has 1 fully saturated rings. The molecule has 25 heavy (non-hydrogen) atoms. The zero-order chi connectivity index (χ0) is 18.1. The monoisotopic (exact) mass is 340 g/mol. The van der Waals surface area contributed by atoms with Gasteiger partial charge in [-0.05, 0) is 41.8 Å². The van der Waals surface area contributed by atoms with E-state index in [-0.39, 0.29) is 11.5 Å². The fraction of sp³-hybridized carbons (Fsp3) is 0.455. The topological polar surface area (TPSA) is 27.7 Å². The van der Waals surface area contributed by atoms with Crippen LogP contribution in [0.2, 0.25) is 0 Å². The van der Waals surface area contributed by atoms with Crippen molar-refractivity contribution in [3.63, 3.8) is 0 Å². The molecule has 0 aliphatic carbocycles. The molecular weight excluding hydrogens is 312 g/mol. The van der Waals surface area contributed by atoms with Gasteiger partial charge in [0.25, 0.3) is 0 Å². The van der Waals surface area contributed by atoms with Crippen molar-refractivity contribution in [2.45, 2.75) is 45.3 Å². The van der Waals surface area contributed by atoms with Crippen LogP contribution in [0.25, 0.3) is 0 Å². The number of rotatable bonds is 6. The summed E-state index contributed by atoms with van der Waals surface area (Å²) in [5.41, 5.74) is 1.86. The molecule has 134 valence electrons. The van der Waals surface area contributed by atoms with Gasteiger partial charge in [-0.1, -0.05) is 51.5 Å². The maximum atomic E-state index is 6.62. The van der Waals surface area contributed by atoms with E-state index in [0.717, 1.165) is 35.5 Å². The molecule has 3 nitrogen and oxygen atoms in total. The van der Waals surface area contributed by atoms with Crippen LogP contribution in [0.15, 0.2) is 48.5 Å². The summed E-state index contributed by atoms with van der Waals surface area (Å²) in [5.74, 6) is 1.71. The largest absolute Gasteiger partial charge is 0.497 e. The van der Waals surface area contributed by atoms with E-state index in [1.54, 1.807) is 14.2 Å². The van der Waals surface area contributed by atoms with Gasteiger partial charge in [-0.25, -0.2) is 0 Å². The zero-order valence-electron chi connectivity index (χ0n) is 15.8. The van der Waals surface area contributed by atoms with Crippen LogP contribution in [0.5, 0.6) is 11.5 Å². The lowest BCUT2D eigenvalue weighted by Crippen LogP contribution is -2.64. The minimum absolute atomic E-state index is 0.00775. The molecule has 2 aromatic carbocycles. The lowest BCUT2D eigenvalue weighted by atomic mass is 9.58. The van der Waals surface area contributed by atoms with E-state index in [0.29, 0.717) is 0 Å². The third kappa shape index (κ3) is 2.71. The molecule has 1 aliphatic heterocycles. The second kappa shape index (κ2) is 6.72. The fourth-order valence-corrected chi connectivity index (χ4v) is 4.06.